The predicted molar refractivity (Wildman–Crippen MR) is 112 cm³/mol. The molecule has 2 aromatic carbocycles. The Balaban J connectivity index is 1.91. The third-order valence-corrected chi connectivity index (χ3v) is 4.82. The molecule has 0 aliphatic rings. The van der Waals surface area contributed by atoms with Gasteiger partial charge in [-0.05, 0) is 73.9 Å². The Morgan fingerprint density at radius 1 is 0.759 bits per heavy atom. The zero-order chi connectivity index (χ0) is 20.7. The van der Waals surface area contributed by atoms with Crippen molar-refractivity contribution in [2.75, 3.05) is 0 Å². The van der Waals surface area contributed by atoms with Crippen LogP contribution in [0.25, 0.3) is 17.1 Å². The monoisotopic (exact) mass is 388 g/mol. The highest BCUT2D eigenvalue weighted by molar-refractivity contribution is 5.48. The first-order valence-corrected chi connectivity index (χ1v) is 9.16. The van der Waals surface area contributed by atoms with Gasteiger partial charge in [0, 0.05) is 18.1 Å². The van der Waals surface area contributed by atoms with E-state index in [1.807, 2.05) is 55.9 Å². The van der Waals surface area contributed by atoms with Crippen LogP contribution in [0.2, 0.25) is 0 Å². The smallest absolute Gasteiger partial charge is 0.323 e. The van der Waals surface area contributed by atoms with Crippen LogP contribution >= 0.6 is 0 Å². The van der Waals surface area contributed by atoms with E-state index in [2.05, 4.69) is 4.98 Å². The lowest BCUT2D eigenvalue weighted by Gasteiger charge is -2.12. The maximum Gasteiger partial charge on any atom is 0.345 e. The van der Waals surface area contributed by atoms with Crippen molar-refractivity contribution < 1.29 is 0 Å². The Morgan fingerprint density at radius 3 is 2.03 bits per heavy atom. The zero-order valence-electron chi connectivity index (χ0n) is 16.3. The van der Waals surface area contributed by atoms with Crippen LogP contribution in [0.4, 0.5) is 0 Å². The van der Waals surface area contributed by atoms with Gasteiger partial charge < -0.3 is 4.57 Å². The van der Waals surface area contributed by atoms with Crippen molar-refractivity contribution in [2.45, 2.75) is 20.8 Å². The van der Waals surface area contributed by atoms with Gasteiger partial charge in [0.2, 0.25) is 0 Å². The van der Waals surface area contributed by atoms with Crippen molar-refractivity contribution in [2.24, 2.45) is 0 Å². The molecule has 0 radical (unpaired) electrons. The molecule has 1 N–H and O–H groups in total. The second-order valence-electron chi connectivity index (χ2n) is 7.09. The summed E-state index contributed by atoms with van der Waals surface area (Å²) in [7, 11) is 0. The quantitative estimate of drug-likeness (QED) is 0.585. The number of aromatic nitrogens is 4. The molecular formula is C22H20N4O3. The van der Waals surface area contributed by atoms with E-state index in [1.165, 1.54) is 0 Å². The fraction of sp³-hybridized carbons (Fsp3) is 0.136. The lowest BCUT2D eigenvalue weighted by molar-refractivity contribution is 0.714. The minimum Gasteiger partial charge on any atom is -0.323 e. The average molecular weight is 388 g/mol. The molecule has 0 amide bonds. The first-order chi connectivity index (χ1) is 13.8. The topological polar surface area (TPSA) is 81.8 Å². The maximum absolute atomic E-state index is 13.1. The minimum absolute atomic E-state index is 0.391. The van der Waals surface area contributed by atoms with Crippen LogP contribution in [-0.2, 0) is 0 Å². The molecule has 0 aliphatic heterocycles. The Hall–Kier alpha value is -3.87. The van der Waals surface area contributed by atoms with Gasteiger partial charge >= 0.3 is 17.1 Å². The summed E-state index contributed by atoms with van der Waals surface area (Å²) in [5.41, 5.74) is 2.40. The molecule has 0 bridgehead atoms. The number of rotatable bonds is 3. The summed E-state index contributed by atoms with van der Waals surface area (Å²) in [5.74, 6) is 0. The van der Waals surface area contributed by atoms with E-state index in [0.717, 1.165) is 31.5 Å². The van der Waals surface area contributed by atoms with Gasteiger partial charge in [0.05, 0.1) is 11.4 Å². The Kier molecular flexibility index (Phi) is 4.43. The molecule has 7 nitrogen and oxygen atoms in total. The van der Waals surface area contributed by atoms with Crippen molar-refractivity contribution in [3.63, 3.8) is 0 Å². The van der Waals surface area contributed by atoms with E-state index in [0.29, 0.717) is 11.4 Å². The highest BCUT2D eigenvalue weighted by atomic mass is 16.2. The number of nitrogens with one attached hydrogen (secondary N) is 1. The molecule has 29 heavy (non-hydrogen) atoms. The minimum atomic E-state index is -0.770. The normalized spacial score (nSPS) is 11.0. The molecule has 0 saturated heterocycles. The van der Waals surface area contributed by atoms with Crippen LogP contribution in [-0.4, -0.2) is 18.7 Å². The molecule has 2 heterocycles. The van der Waals surface area contributed by atoms with Gasteiger partial charge in [0.25, 0.3) is 0 Å². The van der Waals surface area contributed by atoms with Gasteiger partial charge in [-0.2, -0.15) is 0 Å². The highest BCUT2D eigenvalue weighted by Crippen LogP contribution is 2.18. The maximum atomic E-state index is 13.1. The number of hydrogen-bond acceptors (Lipinski definition) is 3. The summed E-state index contributed by atoms with van der Waals surface area (Å²) in [5, 5.41) is 0. The summed E-state index contributed by atoms with van der Waals surface area (Å²) in [6, 6.07) is 14.3. The van der Waals surface area contributed by atoms with Gasteiger partial charge in [-0.1, -0.05) is 12.1 Å². The molecular weight excluding hydrogens is 368 g/mol. The molecule has 146 valence electrons. The molecule has 0 spiro atoms. The number of H-pyrrole nitrogens is 1. The van der Waals surface area contributed by atoms with Gasteiger partial charge in [-0.15, -0.1) is 0 Å². The van der Waals surface area contributed by atoms with Crippen molar-refractivity contribution in [3.8, 4) is 17.1 Å². The fourth-order valence-electron chi connectivity index (χ4n) is 3.42. The molecule has 7 heteroatoms. The Labute approximate surface area is 166 Å². The Bertz CT molecular complexity index is 1400. The van der Waals surface area contributed by atoms with Crippen LogP contribution in [0, 0.1) is 20.8 Å². The van der Waals surface area contributed by atoms with Gasteiger partial charge in [-0.3, -0.25) is 4.98 Å². The van der Waals surface area contributed by atoms with Crippen molar-refractivity contribution in [1.29, 1.82) is 0 Å². The van der Waals surface area contributed by atoms with E-state index >= 15 is 0 Å². The largest absolute Gasteiger partial charge is 0.345 e. The molecule has 0 fully saturated rings. The highest BCUT2D eigenvalue weighted by Gasteiger charge is 2.14. The zero-order valence-corrected chi connectivity index (χ0v) is 16.3. The molecule has 4 aromatic rings. The van der Waals surface area contributed by atoms with Crippen molar-refractivity contribution in [3.05, 3.63) is 109 Å². The predicted octanol–water partition coefficient (Wildman–Crippen LogP) is 2.39. The van der Waals surface area contributed by atoms with Crippen molar-refractivity contribution >= 4 is 0 Å². The third-order valence-electron chi connectivity index (χ3n) is 4.82. The Morgan fingerprint density at radius 2 is 1.45 bits per heavy atom. The van der Waals surface area contributed by atoms with Crippen LogP contribution in [0.1, 0.15) is 16.7 Å². The van der Waals surface area contributed by atoms with Gasteiger partial charge in [0.1, 0.15) is 0 Å². The fourth-order valence-corrected chi connectivity index (χ4v) is 3.42. The summed E-state index contributed by atoms with van der Waals surface area (Å²) in [6.07, 6.45) is 3.95. The summed E-state index contributed by atoms with van der Waals surface area (Å²) >= 11 is 0. The van der Waals surface area contributed by atoms with E-state index in [9.17, 15) is 14.4 Å². The van der Waals surface area contributed by atoms with Crippen LogP contribution in [0.3, 0.4) is 0 Å². The first-order valence-electron chi connectivity index (χ1n) is 9.16. The third kappa shape index (κ3) is 3.27. The average Bonchev–Trinajstić information content (AvgIpc) is 3.07. The molecule has 0 atom stereocenters. The van der Waals surface area contributed by atoms with E-state index in [-0.39, 0.29) is 0 Å². The molecule has 4 rings (SSSR count). The second-order valence-corrected chi connectivity index (χ2v) is 7.09. The van der Waals surface area contributed by atoms with Crippen LogP contribution in [0.5, 0.6) is 0 Å². The van der Waals surface area contributed by atoms with E-state index in [4.69, 9.17) is 0 Å². The number of aryl methyl sites for hydroxylation is 3. The summed E-state index contributed by atoms with van der Waals surface area (Å²) < 4.78 is 3.92. The van der Waals surface area contributed by atoms with Crippen molar-refractivity contribution in [1.82, 2.24) is 18.7 Å². The number of aromatic amines is 1. The standard InChI is InChI=1S/C22H20N4O3/c1-14-5-4-6-17(11-14)25-20(27)23-21(28)26(22(25)29)18-7-8-19(16(3)12-18)24-10-9-15(2)13-24/h4-13H,1-3H3,(H,23,27,28). The summed E-state index contributed by atoms with van der Waals surface area (Å²) in [4.78, 5) is 40.2. The molecule has 0 unspecified atom stereocenters. The van der Waals surface area contributed by atoms with Crippen LogP contribution in [0.15, 0.2) is 75.3 Å². The lowest BCUT2D eigenvalue weighted by Crippen LogP contribution is -2.48. The van der Waals surface area contributed by atoms with Gasteiger partial charge in [0.15, 0.2) is 0 Å². The van der Waals surface area contributed by atoms with Crippen LogP contribution < -0.4 is 17.1 Å². The first kappa shape index (κ1) is 18.5. The number of benzene rings is 2. The second kappa shape index (κ2) is 6.94. The summed E-state index contributed by atoms with van der Waals surface area (Å²) in [6.45, 7) is 5.78. The van der Waals surface area contributed by atoms with E-state index in [1.54, 1.807) is 30.3 Å². The van der Waals surface area contributed by atoms with Gasteiger partial charge in [-0.25, -0.2) is 23.5 Å². The molecule has 0 aliphatic carbocycles. The lowest BCUT2D eigenvalue weighted by atomic mass is 10.1. The number of nitrogens with zero attached hydrogens (tertiary/aromatic N) is 3. The van der Waals surface area contributed by atoms with E-state index < -0.39 is 17.1 Å². The molecule has 0 saturated carbocycles. The SMILES string of the molecule is Cc1cccc(-n2c(=O)[nH]c(=O)n(-c3ccc(-n4ccc(C)c4)c(C)c3)c2=O)c1. The molecule has 2 aromatic heterocycles. The number of hydrogen-bond donors (Lipinski definition) is 1.